The quantitative estimate of drug-likeness (QED) is 0.703. The van der Waals surface area contributed by atoms with E-state index in [0.29, 0.717) is 16.4 Å². The van der Waals surface area contributed by atoms with Crippen molar-refractivity contribution in [2.75, 3.05) is 5.32 Å². The minimum atomic E-state index is -0.252. The molecule has 4 rings (SSSR count). The Morgan fingerprint density at radius 2 is 1.92 bits per heavy atom. The van der Waals surface area contributed by atoms with E-state index in [1.165, 1.54) is 6.33 Å². The van der Waals surface area contributed by atoms with E-state index >= 15 is 0 Å². The van der Waals surface area contributed by atoms with Crippen LogP contribution >= 0.6 is 11.6 Å². The number of aromatic nitrogens is 2. The van der Waals surface area contributed by atoms with Gasteiger partial charge >= 0.3 is 0 Å². The lowest BCUT2D eigenvalue weighted by Gasteiger charge is -2.15. The van der Waals surface area contributed by atoms with Crippen molar-refractivity contribution < 1.29 is 4.79 Å². The maximum atomic E-state index is 13.1. The second-order valence-corrected chi connectivity index (χ2v) is 6.60. The SMILES string of the molecule is CC1Nc2ccccc2C1C(=O)c1cc(-c2cccc(Cl)c2)ncn1. The molecule has 2 aromatic carbocycles. The summed E-state index contributed by atoms with van der Waals surface area (Å²) < 4.78 is 0. The molecule has 2 unspecified atom stereocenters. The van der Waals surface area contributed by atoms with Gasteiger partial charge in [0.25, 0.3) is 0 Å². The highest BCUT2D eigenvalue weighted by molar-refractivity contribution is 6.30. The lowest BCUT2D eigenvalue weighted by Crippen LogP contribution is -2.24. The zero-order valence-electron chi connectivity index (χ0n) is 13.6. The number of nitrogens with zero attached hydrogens (tertiary/aromatic N) is 2. The van der Waals surface area contributed by atoms with E-state index in [9.17, 15) is 4.79 Å². The Balaban J connectivity index is 1.71. The van der Waals surface area contributed by atoms with E-state index in [1.54, 1.807) is 12.1 Å². The summed E-state index contributed by atoms with van der Waals surface area (Å²) in [5.74, 6) is -0.256. The highest BCUT2D eigenvalue weighted by atomic mass is 35.5. The predicted octanol–water partition coefficient (Wildman–Crippen LogP) is 4.58. The highest BCUT2D eigenvalue weighted by Crippen LogP contribution is 2.37. The van der Waals surface area contributed by atoms with E-state index in [1.807, 2.05) is 49.4 Å². The van der Waals surface area contributed by atoms with Crippen LogP contribution in [-0.2, 0) is 0 Å². The third-order valence-electron chi connectivity index (χ3n) is 4.50. The first-order valence-corrected chi connectivity index (χ1v) is 8.49. The van der Waals surface area contributed by atoms with Crippen molar-refractivity contribution in [3.05, 3.63) is 77.2 Å². The molecule has 0 amide bonds. The molecule has 0 bridgehead atoms. The average Bonchev–Trinajstić information content (AvgIpc) is 2.97. The van der Waals surface area contributed by atoms with Crippen molar-refractivity contribution in [1.29, 1.82) is 0 Å². The fourth-order valence-corrected chi connectivity index (χ4v) is 3.51. The number of Topliss-reactive ketones (excluding diaryl/α,β-unsaturated/α-hetero) is 1. The van der Waals surface area contributed by atoms with Gasteiger partial charge in [-0.25, -0.2) is 9.97 Å². The Bertz CT molecular complexity index is 957. The lowest BCUT2D eigenvalue weighted by molar-refractivity contribution is 0.0951. The standard InChI is InChI=1S/C20H16ClN3O/c1-12-19(15-7-2-3-8-16(15)24-12)20(25)18-10-17(22-11-23-18)13-5-4-6-14(21)9-13/h2-12,19,24H,1H3. The molecule has 0 fully saturated rings. The number of nitrogens with one attached hydrogen (secondary N) is 1. The Labute approximate surface area is 150 Å². The van der Waals surface area contributed by atoms with Crippen molar-refractivity contribution in [2.24, 2.45) is 0 Å². The largest absolute Gasteiger partial charge is 0.381 e. The molecule has 0 radical (unpaired) electrons. The number of fused-ring (bicyclic) bond motifs is 1. The van der Waals surface area contributed by atoms with Gasteiger partial charge in [0, 0.05) is 22.3 Å². The van der Waals surface area contributed by atoms with Gasteiger partial charge in [-0.2, -0.15) is 0 Å². The molecule has 0 spiro atoms. The van der Waals surface area contributed by atoms with Crippen LogP contribution in [0, 0.1) is 0 Å². The first-order valence-electron chi connectivity index (χ1n) is 8.11. The summed E-state index contributed by atoms with van der Waals surface area (Å²) in [5.41, 5.74) is 4.00. The Kier molecular flexibility index (Phi) is 3.98. The molecule has 1 aliphatic rings. The van der Waals surface area contributed by atoms with Gasteiger partial charge in [0.2, 0.25) is 0 Å². The van der Waals surface area contributed by atoms with Crippen LogP contribution in [0.25, 0.3) is 11.3 Å². The number of hydrogen-bond acceptors (Lipinski definition) is 4. The topological polar surface area (TPSA) is 54.9 Å². The van der Waals surface area contributed by atoms with E-state index in [-0.39, 0.29) is 17.7 Å². The van der Waals surface area contributed by atoms with Gasteiger partial charge in [0.15, 0.2) is 5.78 Å². The molecule has 5 heteroatoms. The highest BCUT2D eigenvalue weighted by Gasteiger charge is 2.35. The first-order chi connectivity index (χ1) is 12.1. The van der Waals surface area contributed by atoms with Gasteiger partial charge in [-0.05, 0) is 36.8 Å². The number of carbonyl (C=O) groups excluding carboxylic acids is 1. The fraction of sp³-hybridized carbons (Fsp3) is 0.150. The van der Waals surface area contributed by atoms with Crippen LogP contribution in [-0.4, -0.2) is 21.8 Å². The Hall–Kier alpha value is -2.72. The van der Waals surface area contributed by atoms with Crippen LogP contribution in [0.15, 0.2) is 60.9 Å². The van der Waals surface area contributed by atoms with Crippen molar-refractivity contribution in [3.63, 3.8) is 0 Å². The molecule has 4 nitrogen and oxygen atoms in total. The van der Waals surface area contributed by atoms with Gasteiger partial charge in [0.05, 0.1) is 11.6 Å². The Morgan fingerprint density at radius 3 is 2.76 bits per heavy atom. The van der Waals surface area contributed by atoms with Crippen molar-refractivity contribution in [2.45, 2.75) is 18.9 Å². The second-order valence-electron chi connectivity index (χ2n) is 6.16. The summed E-state index contributed by atoms with van der Waals surface area (Å²) in [5, 5.41) is 4.00. The molecular weight excluding hydrogens is 334 g/mol. The molecule has 2 atom stereocenters. The van der Waals surface area contributed by atoms with Gasteiger partial charge in [0.1, 0.15) is 12.0 Å². The third-order valence-corrected chi connectivity index (χ3v) is 4.74. The third kappa shape index (κ3) is 2.89. The Morgan fingerprint density at radius 1 is 1.08 bits per heavy atom. The van der Waals surface area contributed by atoms with Gasteiger partial charge < -0.3 is 5.32 Å². The van der Waals surface area contributed by atoms with E-state index in [4.69, 9.17) is 11.6 Å². The monoisotopic (exact) mass is 349 g/mol. The summed E-state index contributed by atoms with van der Waals surface area (Å²) in [4.78, 5) is 21.6. The molecule has 1 N–H and O–H groups in total. The fourth-order valence-electron chi connectivity index (χ4n) is 3.32. The zero-order chi connectivity index (χ0) is 17.4. The number of carbonyl (C=O) groups is 1. The molecule has 0 saturated heterocycles. The summed E-state index contributed by atoms with van der Waals surface area (Å²) in [6.45, 7) is 2.02. The average molecular weight is 350 g/mol. The molecule has 124 valence electrons. The molecule has 0 saturated carbocycles. The number of ketones is 1. The van der Waals surface area contributed by atoms with Gasteiger partial charge in [-0.3, -0.25) is 4.79 Å². The lowest BCUT2D eigenvalue weighted by atomic mass is 9.89. The molecular formula is C20H16ClN3O. The summed E-state index contributed by atoms with van der Waals surface area (Å²) in [6.07, 6.45) is 1.43. The minimum absolute atomic E-state index is 0.00405. The van der Waals surface area contributed by atoms with E-state index < -0.39 is 0 Å². The molecule has 25 heavy (non-hydrogen) atoms. The smallest absolute Gasteiger partial charge is 0.190 e. The number of halogens is 1. The summed E-state index contributed by atoms with van der Waals surface area (Å²) in [6, 6.07) is 17.1. The molecule has 3 aromatic rings. The number of benzene rings is 2. The van der Waals surface area contributed by atoms with Crippen LogP contribution in [0.4, 0.5) is 5.69 Å². The van der Waals surface area contributed by atoms with Gasteiger partial charge in [-0.1, -0.05) is 41.9 Å². The predicted molar refractivity (Wildman–Crippen MR) is 99.1 cm³/mol. The van der Waals surface area contributed by atoms with Crippen molar-refractivity contribution >= 4 is 23.1 Å². The normalized spacial score (nSPS) is 18.5. The van der Waals surface area contributed by atoms with Crippen LogP contribution in [0.1, 0.15) is 28.9 Å². The van der Waals surface area contributed by atoms with Crippen LogP contribution < -0.4 is 5.32 Å². The summed E-state index contributed by atoms with van der Waals surface area (Å²) >= 11 is 6.06. The molecule has 1 aliphatic heterocycles. The summed E-state index contributed by atoms with van der Waals surface area (Å²) in [7, 11) is 0. The number of anilines is 1. The van der Waals surface area contributed by atoms with Crippen molar-refractivity contribution in [1.82, 2.24) is 9.97 Å². The molecule has 0 aliphatic carbocycles. The second kappa shape index (κ2) is 6.30. The number of hydrogen-bond donors (Lipinski definition) is 1. The maximum Gasteiger partial charge on any atom is 0.190 e. The van der Waals surface area contributed by atoms with Crippen LogP contribution in [0.5, 0.6) is 0 Å². The maximum absolute atomic E-state index is 13.1. The minimum Gasteiger partial charge on any atom is -0.381 e. The van der Waals surface area contributed by atoms with Crippen LogP contribution in [0.3, 0.4) is 0 Å². The zero-order valence-corrected chi connectivity index (χ0v) is 14.4. The molecule has 2 heterocycles. The first kappa shape index (κ1) is 15.8. The number of para-hydroxylation sites is 1. The van der Waals surface area contributed by atoms with E-state index in [0.717, 1.165) is 16.8 Å². The molecule has 1 aromatic heterocycles. The van der Waals surface area contributed by atoms with Crippen molar-refractivity contribution in [3.8, 4) is 11.3 Å². The number of rotatable bonds is 3. The van der Waals surface area contributed by atoms with Gasteiger partial charge in [-0.15, -0.1) is 0 Å². The van der Waals surface area contributed by atoms with E-state index in [2.05, 4.69) is 15.3 Å². The van der Waals surface area contributed by atoms with Crippen LogP contribution in [0.2, 0.25) is 5.02 Å².